The Bertz CT molecular complexity index is 1230. The second kappa shape index (κ2) is 12.1. The molecule has 35 heavy (non-hydrogen) atoms. The first-order chi connectivity index (χ1) is 16.7. The number of carbonyl (C=O) groups excluding carboxylic acids is 2. The Morgan fingerprint density at radius 1 is 1.26 bits per heavy atom. The maximum absolute atomic E-state index is 12.7. The molecule has 0 aliphatic rings. The number of carbonyl (C=O) groups is 2. The summed E-state index contributed by atoms with van der Waals surface area (Å²) in [4.78, 5) is 26.0. The highest BCUT2D eigenvalue weighted by Crippen LogP contribution is 2.35. The van der Waals surface area contributed by atoms with Gasteiger partial charge in [-0.3, -0.25) is 4.79 Å². The first-order valence-electron chi connectivity index (χ1n) is 10.9. The molecule has 0 bridgehead atoms. The van der Waals surface area contributed by atoms with Gasteiger partial charge in [0.25, 0.3) is 0 Å². The number of esters is 1. The third-order valence-corrected chi connectivity index (χ3v) is 7.74. The zero-order chi connectivity index (χ0) is 25.7. The summed E-state index contributed by atoms with van der Waals surface area (Å²) in [5.41, 5.74) is 1.30. The lowest BCUT2D eigenvalue weighted by Gasteiger charge is -2.16. The average molecular weight is 558 g/mol. The number of aromatic nitrogens is 3. The van der Waals surface area contributed by atoms with Crippen molar-refractivity contribution in [2.24, 2.45) is 0 Å². The summed E-state index contributed by atoms with van der Waals surface area (Å²) in [5.74, 6) is 0.419. The molecule has 1 amide bonds. The van der Waals surface area contributed by atoms with Crippen LogP contribution in [-0.2, 0) is 22.5 Å². The molecule has 1 aromatic carbocycles. The predicted molar refractivity (Wildman–Crippen MR) is 140 cm³/mol. The van der Waals surface area contributed by atoms with Gasteiger partial charge in [0.15, 0.2) is 17.1 Å². The van der Waals surface area contributed by atoms with E-state index in [1.165, 1.54) is 30.2 Å². The normalized spacial score (nSPS) is 11.9. The monoisotopic (exact) mass is 556 g/mol. The number of thioether (sulfide) groups is 1. The van der Waals surface area contributed by atoms with Crippen LogP contribution in [0.1, 0.15) is 53.5 Å². The molecule has 0 radical (unpaired) electrons. The summed E-state index contributed by atoms with van der Waals surface area (Å²) in [6.07, 6.45) is 0.214. The summed E-state index contributed by atoms with van der Waals surface area (Å²) in [6.45, 7) is 8.26. The van der Waals surface area contributed by atoms with Gasteiger partial charge in [0, 0.05) is 22.5 Å². The van der Waals surface area contributed by atoms with E-state index in [9.17, 15) is 9.59 Å². The standard InChI is InChI=1S/C23H26Cl2N4O4S2/c1-6-15-13(4)35-21(19(15)22(31)32-5)26-18(30)11-34-23-28-27-20(29(23)7-2)12(3)33-17-10-14(24)8-9-16(17)25/h8-10,12H,6-7,11H2,1-5H3,(H,26,30). The molecule has 0 saturated heterocycles. The van der Waals surface area contributed by atoms with Crippen LogP contribution in [0.15, 0.2) is 23.4 Å². The van der Waals surface area contributed by atoms with E-state index in [2.05, 4.69) is 15.5 Å². The minimum absolute atomic E-state index is 0.0898. The van der Waals surface area contributed by atoms with Crippen LogP contribution >= 0.6 is 46.3 Å². The second-order valence-electron chi connectivity index (χ2n) is 7.44. The molecule has 2 aromatic heterocycles. The highest BCUT2D eigenvalue weighted by atomic mass is 35.5. The smallest absolute Gasteiger partial charge is 0.341 e. The number of thiophene rings is 1. The lowest BCUT2D eigenvalue weighted by Crippen LogP contribution is -2.17. The number of halogens is 2. The molecule has 8 nitrogen and oxygen atoms in total. The highest BCUT2D eigenvalue weighted by molar-refractivity contribution is 7.99. The first-order valence-corrected chi connectivity index (χ1v) is 13.4. The van der Waals surface area contributed by atoms with Gasteiger partial charge in [-0.2, -0.15) is 0 Å². The van der Waals surface area contributed by atoms with Gasteiger partial charge in [0.05, 0.1) is 23.4 Å². The van der Waals surface area contributed by atoms with Crippen LogP contribution in [0.3, 0.4) is 0 Å². The quantitative estimate of drug-likeness (QED) is 0.234. The summed E-state index contributed by atoms with van der Waals surface area (Å²) < 4.78 is 12.8. The van der Waals surface area contributed by atoms with Gasteiger partial charge in [-0.25, -0.2) is 4.79 Å². The molecular formula is C23H26Cl2N4O4S2. The van der Waals surface area contributed by atoms with E-state index < -0.39 is 12.1 Å². The van der Waals surface area contributed by atoms with E-state index in [1.807, 2.05) is 32.3 Å². The number of amides is 1. The molecule has 0 spiro atoms. The maximum Gasteiger partial charge on any atom is 0.341 e. The minimum Gasteiger partial charge on any atom is -0.481 e. The Hall–Kier alpha value is -2.27. The van der Waals surface area contributed by atoms with Gasteiger partial charge >= 0.3 is 5.97 Å². The number of hydrogen-bond donors (Lipinski definition) is 1. The van der Waals surface area contributed by atoms with Gasteiger partial charge < -0.3 is 19.4 Å². The molecule has 188 valence electrons. The van der Waals surface area contributed by atoms with Gasteiger partial charge in [-0.1, -0.05) is 41.9 Å². The van der Waals surface area contributed by atoms with Crippen molar-refractivity contribution in [1.29, 1.82) is 0 Å². The lowest BCUT2D eigenvalue weighted by molar-refractivity contribution is -0.113. The van der Waals surface area contributed by atoms with E-state index in [4.69, 9.17) is 32.7 Å². The fourth-order valence-electron chi connectivity index (χ4n) is 3.52. The van der Waals surface area contributed by atoms with E-state index in [0.29, 0.717) is 50.3 Å². The molecule has 3 rings (SSSR count). The zero-order valence-corrected chi connectivity index (χ0v) is 23.1. The topological polar surface area (TPSA) is 95.3 Å². The molecule has 1 N–H and O–H groups in total. The molecule has 0 aliphatic carbocycles. The molecule has 3 aromatic rings. The molecular weight excluding hydrogens is 531 g/mol. The Morgan fingerprint density at radius 2 is 2.00 bits per heavy atom. The Balaban J connectivity index is 1.70. The van der Waals surface area contributed by atoms with Crippen LogP contribution in [-0.4, -0.2) is 39.5 Å². The van der Waals surface area contributed by atoms with Crippen molar-refractivity contribution in [3.8, 4) is 5.75 Å². The van der Waals surface area contributed by atoms with Gasteiger partial charge in [0.2, 0.25) is 5.91 Å². The third-order valence-electron chi connectivity index (χ3n) is 5.16. The predicted octanol–water partition coefficient (Wildman–Crippen LogP) is 6.19. The Labute approximate surface area is 222 Å². The second-order valence-corrected chi connectivity index (χ2v) is 10.5. The van der Waals surface area contributed by atoms with Gasteiger partial charge in [-0.05, 0) is 44.9 Å². The number of hydrogen-bond acceptors (Lipinski definition) is 8. The molecule has 1 unspecified atom stereocenters. The van der Waals surface area contributed by atoms with E-state index in [-0.39, 0.29) is 11.7 Å². The van der Waals surface area contributed by atoms with Crippen LogP contribution in [0.4, 0.5) is 5.00 Å². The number of benzene rings is 1. The van der Waals surface area contributed by atoms with Crippen molar-refractivity contribution in [2.75, 3.05) is 18.2 Å². The Kier molecular flexibility index (Phi) is 9.46. The van der Waals surface area contributed by atoms with E-state index in [0.717, 1.165) is 10.4 Å². The minimum atomic E-state index is -0.460. The van der Waals surface area contributed by atoms with Crippen molar-refractivity contribution < 1.29 is 19.1 Å². The van der Waals surface area contributed by atoms with Crippen LogP contribution in [0.2, 0.25) is 10.0 Å². The van der Waals surface area contributed by atoms with Crippen LogP contribution < -0.4 is 10.1 Å². The largest absolute Gasteiger partial charge is 0.481 e. The van der Waals surface area contributed by atoms with Crippen molar-refractivity contribution in [2.45, 2.75) is 51.9 Å². The summed E-state index contributed by atoms with van der Waals surface area (Å²) in [6, 6.07) is 5.00. The van der Waals surface area contributed by atoms with E-state index in [1.54, 1.807) is 18.2 Å². The number of nitrogens with one attached hydrogen (secondary N) is 1. The maximum atomic E-state index is 12.7. The SMILES string of the molecule is CCc1c(C)sc(NC(=O)CSc2nnc(C(C)Oc3cc(Cl)ccc3Cl)n2CC)c1C(=O)OC. The average Bonchev–Trinajstić information content (AvgIpc) is 3.39. The number of ether oxygens (including phenoxy) is 2. The van der Waals surface area contributed by atoms with Crippen molar-refractivity contribution in [1.82, 2.24) is 14.8 Å². The van der Waals surface area contributed by atoms with Crippen molar-refractivity contribution in [3.63, 3.8) is 0 Å². The fraction of sp³-hybridized carbons (Fsp3) is 0.391. The number of anilines is 1. The molecule has 0 fully saturated rings. The molecule has 12 heteroatoms. The van der Waals surface area contributed by atoms with Gasteiger partial charge in [0.1, 0.15) is 10.8 Å². The highest BCUT2D eigenvalue weighted by Gasteiger charge is 2.24. The summed E-state index contributed by atoms with van der Waals surface area (Å²) in [7, 11) is 1.33. The lowest BCUT2D eigenvalue weighted by atomic mass is 10.1. The van der Waals surface area contributed by atoms with Gasteiger partial charge in [-0.15, -0.1) is 21.5 Å². The number of nitrogens with zero attached hydrogens (tertiary/aromatic N) is 3. The summed E-state index contributed by atoms with van der Waals surface area (Å²) in [5, 5.41) is 13.4. The first kappa shape index (κ1) is 27.3. The molecule has 2 heterocycles. The number of methoxy groups -OCH3 is 1. The molecule has 1 atom stereocenters. The Morgan fingerprint density at radius 3 is 2.66 bits per heavy atom. The van der Waals surface area contributed by atoms with Crippen molar-refractivity contribution in [3.05, 3.63) is 50.1 Å². The number of aryl methyl sites for hydroxylation is 1. The van der Waals surface area contributed by atoms with Crippen molar-refractivity contribution >= 4 is 63.2 Å². The van der Waals surface area contributed by atoms with Crippen LogP contribution in [0, 0.1) is 6.92 Å². The molecule has 0 saturated carbocycles. The van der Waals surface area contributed by atoms with E-state index >= 15 is 0 Å². The van der Waals surface area contributed by atoms with Crippen LogP contribution in [0.25, 0.3) is 0 Å². The third kappa shape index (κ3) is 6.30. The zero-order valence-electron chi connectivity index (χ0n) is 20.0. The summed E-state index contributed by atoms with van der Waals surface area (Å²) >= 11 is 14.9. The number of rotatable bonds is 10. The molecule has 0 aliphatic heterocycles. The fourth-order valence-corrected chi connectivity index (χ4v) is 5.80. The van der Waals surface area contributed by atoms with Crippen LogP contribution in [0.5, 0.6) is 5.75 Å².